The van der Waals surface area contributed by atoms with Crippen LogP contribution in [0.2, 0.25) is 0 Å². The molecular weight excluding hydrogens is 1530 g/mol. The van der Waals surface area contributed by atoms with Gasteiger partial charge >= 0.3 is 0 Å². The summed E-state index contributed by atoms with van der Waals surface area (Å²) in [6, 6.07) is 75.2. The van der Waals surface area contributed by atoms with Crippen molar-refractivity contribution < 1.29 is 13.7 Å². The molecule has 0 amide bonds. The van der Waals surface area contributed by atoms with Crippen LogP contribution in [0.5, 0.6) is 0 Å². The van der Waals surface area contributed by atoms with Crippen LogP contribution in [0.3, 0.4) is 0 Å². The third-order valence-corrected chi connectivity index (χ3v) is 20.1. The summed E-state index contributed by atoms with van der Waals surface area (Å²) in [6.07, 6.45) is 15.9. The second-order valence-corrected chi connectivity index (χ2v) is 26.2. The van der Waals surface area contributed by atoms with Gasteiger partial charge in [0.2, 0.25) is 0 Å². The highest BCUT2D eigenvalue weighted by atomic mass is 15.4. The minimum absolute atomic E-state index is 0.248. The standard InChI is InChI=1S/C19H19N2.2C19H17N2.2C14H16N4.13C2H6/c1-13-7-6-10-15-14-8-4-5-9-16(14)18(17(13)15)19-20(2)11-12-21(19)3;1-14-8-3-5-11-17(14)21-18-12-6-4-9-15(18)16-10-7-13-20(2)19(16)21;1-14-8-7-10-16-15-9-3-4-11-17(15)21(19(14)16)18-12-5-6-13-20(18)2;1-10-6-4-5-7-12(10)18-11(2)17(3)14-13(18)8-15-9-16-14;1-10-6-4-5-7-12(10)18-11(2)17(3)13-8-15-9-16-14(13)18;13*1-2/h4-12,18H,1-3H3;2*3-13H,1-2H3;2*4-9,11H,1-3H3;13*1-2H3/q3*+1;;;;;;;;;;;;;;;. The fourth-order valence-electron chi connectivity index (χ4n) is 15.0. The van der Waals surface area contributed by atoms with Gasteiger partial charge in [0.1, 0.15) is 76.9 Å². The van der Waals surface area contributed by atoms with Crippen molar-refractivity contribution in [1.29, 1.82) is 0 Å². The average molecular weight is 1690 g/mol. The molecular formula is C111H163N14+3. The first-order valence-electron chi connectivity index (χ1n) is 47.0. The molecule has 14 nitrogen and oxygen atoms in total. The Morgan fingerprint density at radius 3 is 1.26 bits per heavy atom. The monoisotopic (exact) mass is 1690 g/mol. The van der Waals surface area contributed by atoms with E-state index in [0.29, 0.717) is 5.92 Å². The van der Waals surface area contributed by atoms with Crippen LogP contribution in [-0.2, 0) is 28.2 Å². The molecule has 3 unspecified atom stereocenters. The van der Waals surface area contributed by atoms with E-state index in [1.165, 1.54) is 123 Å². The fraction of sp³-hybridized carbons (Fsp3) is 0.378. The van der Waals surface area contributed by atoms with E-state index < -0.39 is 0 Å². The van der Waals surface area contributed by atoms with Gasteiger partial charge in [0, 0.05) is 47.7 Å². The van der Waals surface area contributed by atoms with E-state index >= 15 is 0 Å². The van der Waals surface area contributed by atoms with Gasteiger partial charge < -0.3 is 19.6 Å². The zero-order valence-electron chi connectivity index (χ0n) is 84.8. The van der Waals surface area contributed by atoms with Crippen LogP contribution in [0.15, 0.2) is 262 Å². The van der Waals surface area contributed by atoms with Crippen LogP contribution in [0.1, 0.15) is 245 Å². The normalized spacial score (nSPS) is 12.3. The number of aromatic nitrogens is 10. The summed E-state index contributed by atoms with van der Waals surface area (Å²) in [4.78, 5) is 26.0. The molecule has 18 rings (SSSR count). The summed E-state index contributed by atoms with van der Waals surface area (Å²) < 4.78 is 13.6. The van der Waals surface area contributed by atoms with Gasteiger partial charge in [-0.05, 0) is 165 Å². The van der Waals surface area contributed by atoms with Gasteiger partial charge in [0.15, 0.2) is 11.6 Å². The number of para-hydroxylation sites is 6. The fourth-order valence-corrected chi connectivity index (χ4v) is 15.0. The Labute approximate surface area is 759 Å². The number of fused-ring (bicyclic) bond motifs is 11. The average Bonchev–Trinajstić information content (AvgIpc) is 1.60. The first kappa shape index (κ1) is 111. The Bertz CT molecular complexity index is 5210. The molecule has 3 atom stereocenters. The van der Waals surface area contributed by atoms with Gasteiger partial charge in [0.05, 0.1) is 58.4 Å². The van der Waals surface area contributed by atoms with Crippen LogP contribution in [-0.4, -0.2) is 60.1 Å². The van der Waals surface area contributed by atoms with Gasteiger partial charge in [-0.25, -0.2) is 38.2 Å². The van der Waals surface area contributed by atoms with E-state index in [1.807, 2.05) is 192 Å². The predicted molar refractivity (Wildman–Crippen MR) is 551 cm³/mol. The number of anilines is 6. The van der Waals surface area contributed by atoms with Gasteiger partial charge in [-0.1, -0.05) is 320 Å². The zero-order chi connectivity index (χ0) is 94.8. The third kappa shape index (κ3) is 25.7. The van der Waals surface area contributed by atoms with Crippen LogP contribution >= 0.6 is 0 Å². The van der Waals surface area contributed by atoms with Gasteiger partial charge in [-0.15, -0.1) is 0 Å². The second-order valence-electron chi connectivity index (χ2n) is 26.2. The Morgan fingerprint density at radius 1 is 0.312 bits per heavy atom. The van der Waals surface area contributed by atoms with Crippen molar-refractivity contribution in [3.8, 4) is 22.6 Å². The summed E-state index contributed by atoms with van der Waals surface area (Å²) in [5.41, 5.74) is 22.9. The summed E-state index contributed by atoms with van der Waals surface area (Å²) >= 11 is 0. The minimum atomic E-state index is 0.248. The van der Waals surface area contributed by atoms with Gasteiger partial charge in [-0.2, -0.15) is 9.13 Å². The molecule has 0 fully saturated rings. The van der Waals surface area contributed by atoms with Gasteiger partial charge in [0.25, 0.3) is 17.3 Å². The van der Waals surface area contributed by atoms with E-state index in [-0.39, 0.29) is 12.3 Å². The molecule has 2 aliphatic heterocycles. The molecule has 8 aromatic carbocycles. The smallest absolute Gasteiger partial charge is 0.294 e. The van der Waals surface area contributed by atoms with E-state index in [1.54, 1.807) is 12.7 Å². The zero-order valence-corrected chi connectivity index (χ0v) is 84.8. The first-order chi connectivity index (χ1) is 61.1. The molecule has 0 N–H and O–H groups in total. The topological polar surface area (TPSA) is 90.9 Å². The molecule has 3 aliphatic rings. The molecule has 1 aliphatic carbocycles. The highest BCUT2D eigenvalue weighted by Crippen LogP contribution is 2.49. The predicted octanol–water partition coefficient (Wildman–Crippen LogP) is 29.9. The lowest BCUT2D eigenvalue weighted by Gasteiger charge is -2.28. The molecule has 0 saturated heterocycles. The van der Waals surface area contributed by atoms with E-state index in [2.05, 4.69) is 395 Å². The Morgan fingerprint density at radius 2 is 0.720 bits per heavy atom. The van der Waals surface area contributed by atoms with E-state index in [4.69, 9.17) is 0 Å². The molecule has 0 spiro atoms. The van der Waals surface area contributed by atoms with Crippen LogP contribution in [0.4, 0.5) is 34.4 Å². The van der Waals surface area contributed by atoms with Crippen LogP contribution in [0, 0.1) is 34.6 Å². The SMILES string of the molecule is CC.CC.CC.CC.CC.CC.CC.CC.CC.CC.CC.CC.CC.Cc1cccc2c1C(c1n(C)cc[n+]1C)c1ccccc1-2.Cc1cccc2c3ccccc3n(-c3cccc[n+]3C)c12.Cc1ccccc1-n1c2ccccc2c2ccc[n+](C)c21.Cc1ccccc1N1c2cncnc2N(C)C1C.Cc1ccccc1N1c2ncncc2N(C)C1C. The number of pyridine rings is 2. The number of hydrogen-bond donors (Lipinski definition) is 0. The lowest BCUT2D eigenvalue weighted by Crippen LogP contribution is -2.36. The Kier molecular flexibility index (Phi) is 53.3. The Hall–Kier alpha value is -11.8. The lowest BCUT2D eigenvalue weighted by molar-refractivity contribution is -0.679. The number of benzene rings is 8. The van der Waals surface area contributed by atoms with Crippen LogP contribution in [0.25, 0.3) is 66.4 Å². The van der Waals surface area contributed by atoms with Crippen molar-refractivity contribution >= 4 is 78.1 Å². The van der Waals surface area contributed by atoms with Crippen LogP contribution < -0.4 is 33.3 Å². The van der Waals surface area contributed by atoms with Crippen molar-refractivity contribution in [2.45, 2.75) is 247 Å². The molecule has 7 aromatic heterocycles. The van der Waals surface area contributed by atoms with Crippen molar-refractivity contribution in [1.82, 2.24) is 33.6 Å². The highest BCUT2D eigenvalue weighted by Gasteiger charge is 2.39. The number of rotatable bonds is 5. The number of aryl methyl sites for hydroxylation is 9. The van der Waals surface area contributed by atoms with E-state index in [0.717, 1.165) is 23.0 Å². The summed E-state index contributed by atoms with van der Waals surface area (Å²) in [5, 5.41) is 5.21. The molecule has 0 radical (unpaired) electrons. The molecule has 14 heteroatoms. The maximum Gasteiger partial charge on any atom is 0.294 e. The molecule has 0 saturated carbocycles. The lowest BCUT2D eigenvalue weighted by atomic mass is 9.92. The first-order valence-corrected chi connectivity index (χ1v) is 47.0. The largest absolute Gasteiger partial charge is 0.350 e. The van der Waals surface area contributed by atoms with Crippen molar-refractivity contribution in [2.24, 2.45) is 28.2 Å². The van der Waals surface area contributed by atoms with Crippen molar-refractivity contribution in [2.75, 3.05) is 33.7 Å². The van der Waals surface area contributed by atoms with Crippen molar-refractivity contribution in [3.63, 3.8) is 0 Å². The minimum Gasteiger partial charge on any atom is -0.350 e. The molecule has 15 aromatic rings. The van der Waals surface area contributed by atoms with Gasteiger partial charge in [-0.3, -0.25) is 0 Å². The molecule has 674 valence electrons. The van der Waals surface area contributed by atoms with Crippen molar-refractivity contribution in [3.05, 3.63) is 307 Å². The summed E-state index contributed by atoms with van der Waals surface area (Å²) in [5.74, 6) is 4.80. The maximum atomic E-state index is 4.43. The second kappa shape index (κ2) is 59.9. The molecule has 0 bridgehead atoms. The van der Waals surface area contributed by atoms with E-state index in [9.17, 15) is 0 Å². The summed E-state index contributed by atoms with van der Waals surface area (Å²) in [6.45, 7) is 67.2. The third-order valence-electron chi connectivity index (χ3n) is 20.1. The molecule has 9 heterocycles. The summed E-state index contributed by atoms with van der Waals surface area (Å²) in [7, 11) is 12.6. The molecule has 125 heavy (non-hydrogen) atoms. The number of nitrogens with zero attached hydrogens (tertiary/aromatic N) is 14. The number of imidazole rings is 1. The maximum absolute atomic E-state index is 4.43. The Balaban J connectivity index is 0.000000732. The highest BCUT2D eigenvalue weighted by molar-refractivity contribution is 6.10. The number of hydrogen-bond acceptors (Lipinski definition) is 8. The quantitative estimate of drug-likeness (QED) is 0.157.